The summed E-state index contributed by atoms with van der Waals surface area (Å²) in [6.45, 7) is 6.06. The molecule has 47 heavy (non-hydrogen) atoms. The molecule has 3 aromatic carbocycles. The third kappa shape index (κ3) is 6.49. The molecule has 0 radical (unpaired) electrons. The summed E-state index contributed by atoms with van der Waals surface area (Å²) in [5.74, 6) is 2.04. The number of ether oxygens (including phenoxy) is 3. The van der Waals surface area contributed by atoms with Gasteiger partial charge in [-0.1, -0.05) is 52.8 Å². The van der Waals surface area contributed by atoms with Crippen molar-refractivity contribution in [1.82, 2.24) is 4.90 Å². The predicted octanol–water partition coefficient (Wildman–Crippen LogP) is 6.44. The number of carbonyl (C=O) groups is 2. The van der Waals surface area contributed by atoms with Crippen molar-refractivity contribution >= 4 is 67.3 Å². The number of aliphatic hydroxyl groups excluding tert-OH is 1. The molecule has 2 amide bonds. The summed E-state index contributed by atoms with van der Waals surface area (Å²) in [6, 6.07) is 12.2. The van der Waals surface area contributed by atoms with E-state index in [2.05, 4.69) is 11.8 Å². The number of anilines is 2. The van der Waals surface area contributed by atoms with E-state index in [9.17, 15) is 19.8 Å². The third-order valence-electron chi connectivity index (χ3n) is 8.97. The number of halogens is 1. The molecule has 3 unspecified atom stereocenters. The molecule has 0 spiro atoms. The average molecular weight is 702 g/mol. The highest BCUT2D eigenvalue weighted by atomic mass is 35.5. The van der Waals surface area contributed by atoms with Crippen LogP contribution in [0.3, 0.4) is 0 Å². The van der Waals surface area contributed by atoms with E-state index in [1.54, 1.807) is 44.7 Å². The Morgan fingerprint density at radius 1 is 1.15 bits per heavy atom. The molecule has 6 rings (SSSR count). The molecule has 0 saturated carbocycles. The second-order valence-electron chi connectivity index (χ2n) is 11.9. The molecule has 3 heterocycles. The van der Waals surface area contributed by atoms with Gasteiger partial charge >= 0.3 is 6.09 Å². The Morgan fingerprint density at radius 3 is 2.68 bits per heavy atom. The number of aliphatic hydroxyl groups is 1. The quantitative estimate of drug-likeness (QED) is 0.171. The van der Waals surface area contributed by atoms with Crippen LogP contribution in [-0.2, 0) is 4.74 Å². The lowest BCUT2D eigenvalue weighted by Gasteiger charge is -2.32. The number of phenols is 1. The van der Waals surface area contributed by atoms with E-state index < -0.39 is 18.4 Å². The maximum absolute atomic E-state index is 13.8. The van der Waals surface area contributed by atoms with Crippen LogP contribution in [0.2, 0.25) is 0 Å². The van der Waals surface area contributed by atoms with Crippen LogP contribution in [0, 0.1) is 0 Å². The molecule has 13 heteroatoms. The van der Waals surface area contributed by atoms with E-state index in [1.807, 2.05) is 31.2 Å². The van der Waals surface area contributed by atoms with Crippen molar-refractivity contribution < 1.29 is 34.0 Å². The van der Waals surface area contributed by atoms with Gasteiger partial charge in [0.25, 0.3) is 5.91 Å². The van der Waals surface area contributed by atoms with Crippen molar-refractivity contribution in [2.24, 2.45) is 0 Å². The zero-order valence-corrected chi connectivity index (χ0v) is 29.1. The summed E-state index contributed by atoms with van der Waals surface area (Å²) >= 11 is 6.42. The summed E-state index contributed by atoms with van der Waals surface area (Å²) in [4.78, 5) is 32.4. The van der Waals surface area contributed by atoms with Gasteiger partial charge in [-0.3, -0.25) is 4.79 Å². The highest BCUT2D eigenvalue weighted by Gasteiger charge is 2.45. The number of hydrogen-bond acceptors (Lipinski definition) is 10. The van der Waals surface area contributed by atoms with Gasteiger partial charge in [0.15, 0.2) is 17.7 Å². The summed E-state index contributed by atoms with van der Waals surface area (Å²) in [6.07, 6.45) is -0.724. The zero-order valence-electron chi connectivity index (χ0n) is 26.7. The van der Waals surface area contributed by atoms with Gasteiger partial charge in [-0.15, -0.1) is 11.6 Å². The number of hydrogen-bond donors (Lipinski definition) is 2. The molecule has 3 aliphatic heterocycles. The number of phenolic OH excluding ortho intramolecular Hbond substituents is 1. The van der Waals surface area contributed by atoms with E-state index in [1.165, 1.54) is 12.0 Å². The first-order chi connectivity index (χ1) is 22.8. The Balaban J connectivity index is 1.27. The van der Waals surface area contributed by atoms with Crippen LogP contribution in [0.5, 0.6) is 17.2 Å². The van der Waals surface area contributed by atoms with Crippen LogP contribution in [-0.4, -0.2) is 96.2 Å². The normalized spacial score (nSPS) is 20.9. The fourth-order valence-electron chi connectivity index (χ4n) is 6.81. The Hall–Kier alpha value is -3.19. The number of rotatable bonds is 11. The summed E-state index contributed by atoms with van der Waals surface area (Å²) in [5, 5.41) is 24.2. The SMILES string of the molecule is CCSSC(C)COC(=O)N1c2cc(OCCN3CC(CCl)c4c3cc(O)c3ccccc43)c(OC)cc2C(=O)N2CCC[C@H]2C1O. The van der Waals surface area contributed by atoms with Crippen LogP contribution >= 0.6 is 33.2 Å². The molecule has 0 aliphatic carbocycles. The Kier molecular flexibility index (Phi) is 10.4. The lowest BCUT2D eigenvalue weighted by atomic mass is 9.95. The van der Waals surface area contributed by atoms with Crippen LogP contribution in [0.1, 0.15) is 48.5 Å². The Morgan fingerprint density at radius 2 is 1.94 bits per heavy atom. The lowest BCUT2D eigenvalue weighted by molar-refractivity contribution is 0.0491. The highest BCUT2D eigenvalue weighted by Crippen LogP contribution is 2.45. The topological polar surface area (TPSA) is 112 Å². The zero-order chi connectivity index (χ0) is 33.2. The first-order valence-electron chi connectivity index (χ1n) is 15.9. The molecule has 3 aromatic rings. The van der Waals surface area contributed by atoms with Crippen molar-refractivity contribution in [3.8, 4) is 17.2 Å². The summed E-state index contributed by atoms with van der Waals surface area (Å²) in [5.41, 5.74) is 2.47. The number of amides is 2. The summed E-state index contributed by atoms with van der Waals surface area (Å²) in [7, 11) is 4.82. The number of methoxy groups -OCH3 is 1. The molecule has 1 fully saturated rings. The maximum Gasteiger partial charge on any atom is 0.416 e. The largest absolute Gasteiger partial charge is 0.507 e. The van der Waals surface area contributed by atoms with E-state index in [0.29, 0.717) is 43.4 Å². The average Bonchev–Trinajstić information content (AvgIpc) is 3.70. The van der Waals surface area contributed by atoms with Gasteiger partial charge in [0, 0.05) is 59.1 Å². The second-order valence-corrected chi connectivity index (χ2v) is 15.3. The van der Waals surface area contributed by atoms with Gasteiger partial charge in [0.1, 0.15) is 19.0 Å². The van der Waals surface area contributed by atoms with Gasteiger partial charge in [0.05, 0.1) is 30.9 Å². The van der Waals surface area contributed by atoms with Gasteiger partial charge in [-0.2, -0.15) is 0 Å². The smallest absolute Gasteiger partial charge is 0.416 e. The molecular formula is C34H40ClN3O7S2. The van der Waals surface area contributed by atoms with Gasteiger partial charge in [-0.05, 0) is 36.8 Å². The standard InChI is InChI=1S/C34H40ClN3O7S2/c1-4-46-47-20(2)19-45-34(42)38-26-16-30(29(43-3)14-24(26)32(40)37-11-7-10-25(37)33(38)41)44-13-12-36-18-21(17-35)31-23-9-6-5-8-22(23)28(39)15-27(31)36/h5-6,8-9,14-16,20-21,25,33,39,41H,4,7,10-13,17-19H2,1-3H3/t20?,21?,25-,33?/m0/s1. The minimum atomic E-state index is -1.29. The number of nitrogens with zero attached hydrogens (tertiary/aromatic N) is 3. The van der Waals surface area contributed by atoms with Crippen molar-refractivity contribution in [1.29, 1.82) is 0 Å². The Labute approximate surface area is 287 Å². The van der Waals surface area contributed by atoms with E-state index in [0.717, 1.165) is 34.2 Å². The number of alkyl halides is 1. The molecule has 3 aliphatic rings. The number of benzene rings is 3. The third-order valence-corrected chi connectivity index (χ3v) is 12.3. The minimum absolute atomic E-state index is 0.0425. The minimum Gasteiger partial charge on any atom is -0.507 e. The van der Waals surface area contributed by atoms with E-state index in [4.69, 9.17) is 25.8 Å². The number of aromatic hydroxyl groups is 1. The second kappa shape index (κ2) is 14.5. The first-order valence-corrected chi connectivity index (χ1v) is 18.8. The molecule has 0 aromatic heterocycles. The fraction of sp³-hybridized carbons (Fsp3) is 0.471. The molecular weight excluding hydrogens is 662 g/mol. The van der Waals surface area contributed by atoms with Crippen molar-refractivity contribution in [2.75, 3.05) is 61.4 Å². The molecule has 0 bridgehead atoms. The van der Waals surface area contributed by atoms with Crippen LogP contribution in [0.15, 0.2) is 42.5 Å². The summed E-state index contributed by atoms with van der Waals surface area (Å²) < 4.78 is 17.6. The lowest BCUT2D eigenvalue weighted by Crippen LogP contribution is -2.51. The van der Waals surface area contributed by atoms with Gasteiger partial charge < -0.3 is 34.2 Å². The monoisotopic (exact) mass is 701 g/mol. The van der Waals surface area contributed by atoms with Crippen LogP contribution in [0.25, 0.3) is 10.8 Å². The van der Waals surface area contributed by atoms with E-state index in [-0.39, 0.29) is 47.3 Å². The molecule has 10 nitrogen and oxygen atoms in total. The van der Waals surface area contributed by atoms with Gasteiger partial charge in [0.2, 0.25) is 0 Å². The fourth-order valence-corrected chi connectivity index (χ4v) is 8.82. The van der Waals surface area contributed by atoms with E-state index >= 15 is 0 Å². The Bertz CT molecular complexity index is 1640. The predicted molar refractivity (Wildman–Crippen MR) is 189 cm³/mol. The molecule has 4 atom stereocenters. The molecule has 252 valence electrons. The maximum atomic E-state index is 13.8. The van der Waals surface area contributed by atoms with Crippen molar-refractivity contribution in [3.63, 3.8) is 0 Å². The van der Waals surface area contributed by atoms with Gasteiger partial charge in [-0.25, -0.2) is 9.69 Å². The number of fused-ring (bicyclic) bond motifs is 5. The van der Waals surface area contributed by atoms with Crippen molar-refractivity contribution in [3.05, 3.63) is 53.6 Å². The van der Waals surface area contributed by atoms with Crippen LogP contribution in [0.4, 0.5) is 16.2 Å². The first kappa shape index (κ1) is 33.7. The molecule has 2 N–H and O–H groups in total. The number of carbonyl (C=O) groups excluding carboxylic acids is 2. The van der Waals surface area contributed by atoms with Crippen LogP contribution < -0.4 is 19.3 Å². The highest BCUT2D eigenvalue weighted by molar-refractivity contribution is 8.76. The molecule has 1 saturated heterocycles. The van der Waals surface area contributed by atoms with Crippen molar-refractivity contribution in [2.45, 2.75) is 50.1 Å².